The number of aliphatic hydroxyl groups excluding tert-OH is 1. The maximum atomic E-state index is 12.3. The lowest BCUT2D eigenvalue weighted by Gasteiger charge is -2.13. The highest BCUT2D eigenvalue weighted by molar-refractivity contribution is 5.96. The molecule has 0 saturated heterocycles. The number of rotatable bonds is 7. The van der Waals surface area contributed by atoms with Crippen LogP contribution in [-0.4, -0.2) is 38.4 Å². The average Bonchev–Trinajstić information content (AvgIpc) is 3.03. The Bertz CT molecular complexity index is 845. The van der Waals surface area contributed by atoms with Crippen LogP contribution in [0.1, 0.15) is 35.7 Å². The monoisotopic (exact) mass is 338 g/mol. The number of aliphatic hydroxyl groups is 1. The van der Waals surface area contributed by atoms with E-state index >= 15 is 0 Å². The van der Waals surface area contributed by atoms with Gasteiger partial charge in [0.2, 0.25) is 0 Å². The summed E-state index contributed by atoms with van der Waals surface area (Å²) in [5.41, 5.74) is 2.42. The number of aromatic nitrogens is 3. The molecule has 0 bridgehead atoms. The number of carbonyl (C=O) groups is 1. The van der Waals surface area contributed by atoms with Gasteiger partial charge in [-0.15, -0.1) is 0 Å². The summed E-state index contributed by atoms with van der Waals surface area (Å²) in [4.78, 5) is 16.7. The normalized spacial score (nSPS) is 12.2. The van der Waals surface area contributed by atoms with Gasteiger partial charge in [-0.3, -0.25) is 4.79 Å². The smallest absolute Gasteiger partial charge is 0.253 e. The summed E-state index contributed by atoms with van der Waals surface area (Å²) in [6.45, 7) is 2.70. The van der Waals surface area contributed by atoms with E-state index in [1.165, 1.54) is 0 Å². The van der Waals surface area contributed by atoms with Crippen molar-refractivity contribution < 1.29 is 9.90 Å². The Morgan fingerprint density at radius 1 is 1.28 bits per heavy atom. The summed E-state index contributed by atoms with van der Waals surface area (Å²) in [5.74, 6) is -0.157. The van der Waals surface area contributed by atoms with Crippen LogP contribution < -0.4 is 5.32 Å². The van der Waals surface area contributed by atoms with Crippen LogP contribution in [0.25, 0.3) is 11.0 Å². The van der Waals surface area contributed by atoms with Crippen LogP contribution in [-0.2, 0) is 6.54 Å². The zero-order chi connectivity index (χ0) is 17.6. The largest absolute Gasteiger partial charge is 0.396 e. The zero-order valence-electron chi connectivity index (χ0n) is 14.2. The fourth-order valence-corrected chi connectivity index (χ4v) is 2.74. The Kier molecular flexibility index (Phi) is 5.40. The number of nitrogens with zero attached hydrogens (tertiary/aromatic N) is 3. The van der Waals surface area contributed by atoms with E-state index in [1.54, 1.807) is 12.4 Å². The van der Waals surface area contributed by atoms with Gasteiger partial charge in [-0.25, -0.2) is 9.67 Å². The molecule has 3 aromatic rings. The van der Waals surface area contributed by atoms with E-state index in [0.717, 1.165) is 23.0 Å². The third-order valence-electron chi connectivity index (χ3n) is 4.09. The van der Waals surface area contributed by atoms with Gasteiger partial charge in [0.15, 0.2) is 5.65 Å². The van der Waals surface area contributed by atoms with Gasteiger partial charge in [0.05, 0.1) is 18.3 Å². The van der Waals surface area contributed by atoms with Crippen molar-refractivity contribution in [2.75, 3.05) is 6.61 Å². The predicted molar refractivity (Wildman–Crippen MR) is 96.3 cm³/mol. The Labute approximate surface area is 146 Å². The van der Waals surface area contributed by atoms with E-state index in [1.807, 2.05) is 48.0 Å². The highest BCUT2D eigenvalue weighted by Crippen LogP contribution is 2.15. The van der Waals surface area contributed by atoms with Gasteiger partial charge in [0, 0.05) is 24.2 Å². The molecule has 0 spiro atoms. The first-order valence-electron chi connectivity index (χ1n) is 8.44. The minimum atomic E-state index is -0.157. The van der Waals surface area contributed by atoms with Crippen molar-refractivity contribution in [3.05, 3.63) is 59.9 Å². The maximum absolute atomic E-state index is 12.3. The first kappa shape index (κ1) is 17.1. The molecule has 6 heteroatoms. The van der Waals surface area contributed by atoms with Crippen molar-refractivity contribution in [1.29, 1.82) is 0 Å². The summed E-state index contributed by atoms with van der Waals surface area (Å²) in [7, 11) is 0. The molecule has 130 valence electrons. The third kappa shape index (κ3) is 4.22. The van der Waals surface area contributed by atoms with Gasteiger partial charge in [-0.2, -0.15) is 5.10 Å². The lowest BCUT2D eigenvalue weighted by molar-refractivity contribution is 0.0936. The number of nitrogens with one attached hydrogen (secondary N) is 1. The van der Waals surface area contributed by atoms with Crippen LogP contribution >= 0.6 is 0 Å². The predicted octanol–water partition coefficient (Wildman–Crippen LogP) is 2.37. The molecule has 6 nitrogen and oxygen atoms in total. The van der Waals surface area contributed by atoms with Gasteiger partial charge in [0.1, 0.15) is 0 Å². The highest BCUT2D eigenvalue weighted by Gasteiger charge is 2.12. The number of pyridine rings is 1. The van der Waals surface area contributed by atoms with Crippen LogP contribution in [0.3, 0.4) is 0 Å². The lowest BCUT2D eigenvalue weighted by atomic mass is 10.1. The minimum Gasteiger partial charge on any atom is -0.396 e. The van der Waals surface area contributed by atoms with Gasteiger partial charge in [-0.05, 0) is 31.4 Å². The number of benzene rings is 1. The molecule has 2 N–H and O–H groups in total. The topological polar surface area (TPSA) is 80.0 Å². The van der Waals surface area contributed by atoms with Crippen LogP contribution in [0.4, 0.5) is 0 Å². The second kappa shape index (κ2) is 7.90. The fraction of sp³-hybridized carbons (Fsp3) is 0.316. The average molecular weight is 338 g/mol. The molecule has 1 amide bonds. The van der Waals surface area contributed by atoms with Crippen LogP contribution in [0.2, 0.25) is 0 Å². The van der Waals surface area contributed by atoms with E-state index in [-0.39, 0.29) is 18.6 Å². The van der Waals surface area contributed by atoms with Crippen molar-refractivity contribution in [3.8, 4) is 0 Å². The number of hydrogen-bond donors (Lipinski definition) is 2. The Morgan fingerprint density at radius 2 is 2.08 bits per heavy atom. The van der Waals surface area contributed by atoms with Gasteiger partial charge >= 0.3 is 0 Å². The maximum Gasteiger partial charge on any atom is 0.253 e. The van der Waals surface area contributed by atoms with Crippen molar-refractivity contribution in [2.24, 2.45) is 0 Å². The molecule has 1 unspecified atom stereocenters. The number of hydrogen-bond acceptors (Lipinski definition) is 4. The van der Waals surface area contributed by atoms with E-state index in [0.29, 0.717) is 18.5 Å². The van der Waals surface area contributed by atoms with Crippen molar-refractivity contribution >= 4 is 16.9 Å². The van der Waals surface area contributed by atoms with Crippen LogP contribution in [0.15, 0.2) is 48.8 Å². The molecular formula is C19H22N4O2. The fourth-order valence-electron chi connectivity index (χ4n) is 2.74. The number of amides is 1. The SMILES string of the molecule is CC(CCCO)NC(=O)c1cnc2c(cnn2Cc2ccccc2)c1. The Balaban J connectivity index is 1.74. The molecule has 0 saturated carbocycles. The molecule has 1 atom stereocenters. The summed E-state index contributed by atoms with van der Waals surface area (Å²) in [5, 5.41) is 17.0. The zero-order valence-corrected chi connectivity index (χ0v) is 14.2. The molecule has 2 heterocycles. The van der Waals surface area contributed by atoms with Gasteiger partial charge in [-0.1, -0.05) is 30.3 Å². The Hall–Kier alpha value is -2.73. The molecule has 25 heavy (non-hydrogen) atoms. The van der Waals surface area contributed by atoms with E-state index in [2.05, 4.69) is 15.4 Å². The lowest BCUT2D eigenvalue weighted by Crippen LogP contribution is -2.32. The standard InChI is InChI=1S/C19H22N4O2/c1-14(6-5-9-24)22-19(25)17-10-16-12-21-23(18(16)20-11-17)13-15-7-3-2-4-8-15/h2-4,7-8,10-12,14,24H,5-6,9,13H2,1H3,(H,22,25). The van der Waals surface area contributed by atoms with E-state index in [9.17, 15) is 4.79 Å². The number of carbonyl (C=O) groups excluding carboxylic acids is 1. The van der Waals surface area contributed by atoms with Crippen LogP contribution in [0.5, 0.6) is 0 Å². The molecular weight excluding hydrogens is 316 g/mol. The van der Waals surface area contributed by atoms with E-state index in [4.69, 9.17) is 5.11 Å². The van der Waals surface area contributed by atoms with Gasteiger partial charge in [0.25, 0.3) is 5.91 Å². The molecule has 0 aliphatic carbocycles. The van der Waals surface area contributed by atoms with Crippen molar-refractivity contribution in [1.82, 2.24) is 20.1 Å². The third-order valence-corrected chi connectivity index (χ3v) is 4.09. The first-order chi connectivity index (χ1) is 12.2. The van der Waals surface area contributed by atoms with Gasteiger partial charge < -0.3 is 10.4 Å². The minimum absolute atomic E-state index is 0.0103. The van der Waals surface area contributed by atoms with E-state index < -0.39 is 0 Å². The summed E-state index contributed by atoms with van der Waals surface area (Å²) < 4.78 is 1.83. The molecule has 0 aliphatic heterocycles. The van der Waals surface area contributed by atoms with Crippen molar-refractivity contribution in [2.45, 2.75) is 32.4 Å². The highest BCUT2D eigenvalue weighted by atomic mass is 16.3. The summed E-state index contributed by atoms with van der Waals surface area (Å²) >= 11 is 0. The Morgan fingerprint density at radius 3 is 2.84 bits per heavy atom. The van der Waals surface area contributed by atoms with Crippen LogP contribution in [0, 0.1) is 0 Å². The second-order valence-corrected chi connectivity index (χ2v) is 6.16. The number of fused-ring (bicyclic) bond motifs is 1. The molecule has 0 fully saturated rings. The molecule has 3 rings (SSSR count). The second-order valence-electron chi connectivity index (χ2n) is 6.16. The molecule has 1 aromatic carbocycles. The summed E-state index contributed by atoms with van der Waals surface area (Å²) in [6.07, 6.45) is 4.73. The summed E-state index contributed by atoms with van der Waals surface area (Å²) in [6, 6.07) is 11.9. The quantitative estimate of drug-likeness (QED) is 0.693. The molecule has 2 aromatic heterocycles. The molecule has 0 aliphatic rings. The first-order valence-corrected chi connectivity index (χ1v) is 8.44. The van der Waals surface area contributed by atoms with Crippen molar-refractivity contribution in [3.63, 3.8) is 0 Å². The molecule has 0 radical (unpaired) electrons.